The van der Waals surface area contributed by atoms with E-state index in [2.05, 4.69) is 36.6 Å². The molecule has 0 bridgehead atoms. The molecule has 2 aromatic carbocycles. The molecule has 0 radical (unpaired) electrons. The number of aromatic amines is 1. The van der Waals surface area contributed by atoms with Gasteiger partial charge in [-0.2, -0.15) is 5.21 Å². The highest BCUT2D eigenvalue weighted by Crippen LogP contribution is 2.32. The van der Waals surface area contributed by atoms with E-state index in [1.165, 1.54) is 4.90 Å². The minimum absolute atomic E-state index is 0.0383. The first-order valence-electron chi connectivity index (χ1n) is 13.0. The average Bonchev–Trinajstić information content (AvgIpc) is 3.65. The lowest BCUT2D eigenvalue weighted by atomic mass is 9.97. The molecule has 0 aliphatic carbocycles. The molecule has 3 atom stereocenters. The van der Waals surface area contributed by atoms with Crippen LogP contribution in [0.2, 0.25) is 0 Å². The smallest absolute Gasteiger partial charge is 0.252 e. The van der Waals surface area contributed by atoms with Crippen LogP contribution in [0.3, 0.4) is 0 Å². The molecule has 2 heterocycles. The minimum Gasteiger partial charge on any atom is -0.392 e. The van der Waals surface area contributed by atoms with Crippen molar-refractivity contribution in [3.05, 3.63) is 71.0 Å². The number of nitrogens with one attached hydrogen (secondary N) is 4. The van der Waals surface area contributed by atoms with E-state index in [-0.39, 0.29) is 31.2 Å². The normalized spacial score (nSPS) is 15.6. The molecule has 1 aliphatic rings. The highest BCUT2D eigenvalue weighted by molar-refractivity contribution is 6.05. The SMILES string of the molecule is CC[C@H](C)[C@H](NC(=O)c1ccccc1CO)C(=O)NCC(=O)N1c2ccccc2C[C@H]1C(=O)NCc1nn[nH]n1. The monoisotopic (exact) mass is 548 g/mol. The number of hydrogen-bond acceptors (Lipinski definition) is 8. The predicted octanol–water partition coefficient (Wildman–Crippen LogP) is 0.227. The fourth-order valence-corrected chi connectivity index (χ4v) is 4.60. The molecule has 4 amide bonds. The molecular weight excluding hydrogens is 516 g/mol. The van der Waals surface area contributed by atoms with Crippen LogP contribution in [0.25, 0.3) is 0 Å². The first-order valence-corrected chi connectivity index (χ1v) is 13.0. The second-order valence-corrected chi connectivity index (χ2v) is 9.53. The van der Waals surface area contributed by atoms with Crippen molar-refractivity contribution in [3.8, 4) is 0 Å². The van der Waals surface area contributed by atoms with Crippen LogP contribution in [0.15, 0.2) is 48.5 Å². The summed E-state index contributed by atoms with van der Waals surface area (Å²) in [6, 6.07) is 12.1. The van der Waals surface area contributed by atoms with Crippen LogP contribution in [0.1, 0.15) is 47.6 Å². The lowest BCUT2D eigenvalue weighted by molar-refractivity contribution is -0.128. The topological polar surface area (TPSA) is 182 Å². The molecule has 13 heteroatoms. The standard InChI is InChI=1S/C27H32N8O5/c1-3-16(2)24(30-25(38)19-10-6-4-9-18(19)15-36)27(40)29-14-23(37)35-20-11-7-5-8-17(20)12-21(35)26(39)28-13-22-31-33-34-32-22/h4-11,16,21,24,36H,3,12-15H2,1-2H3,(H,28,39)(H,29,40)(H,30,38)(H,31,32,33,34)/t16-,21-,24-/m0/s1. The van der Waals surface area contributed by atoms with Gasteiger partial charge in [0.05, 0.1) is 19.7 Å². The summed E-state index contributed by atoms with van der Waals surface area (Å²) in [5.41, 5.74) is 2.13. The third-order valence-corrected chi connectivity index (χ3v) is 6.99. The average molecular weight is 549 g/mol. The van der Waals surface area contributed by atoms with Crippen molar-refractivity contribution >= 4 is 29.3 Å². The Morgan fingerprint density at radius 3 is 2.58 bits per heavy atom. The van der Waals surface area contributed by atoms with Crippen LogP contribution >= 0.6 is 0 Å². The maximum absolute atomic E-state index is 13.4. The summed E-state index contributed by atoms with van der Waals surface area (Å²) in [4.78, 5) is 54.1. The number of anilines is 1. The van der Waals surface area contributed by atoms with E-state index in [4.69, 9.17) is 0 Å². The van der Waals surface area contributed by atoms with E-state index in [0.717, 1.165) is 5.56 Å². The summed E-state index contributed by atoms with van der Waals surface area (Å²) >= 11 is 0. The van der Waals surface area contributed by atoms with Crippen LogP contribution in [-0.2, 0) is 34.0 Å². The van der Waals surface area contributed by atoms with Crippen molar-refractivity contribution in [3.63, 3.8) is 0 Å². The number of benzene rings is 2. The van der Waals surface area contributed by atoms with Gasteiger partial charge in [-0.1, -0.05) is 61.9 Å². The number of para-hydroxylation sites is 1. The number of fused-ring (bicyclic) bond motifs is 1. The number of nitrogens with zero attached hydrogens (tertiary/aromatic N) is 4. The van der Waals surface area contributed by atoms with Crippen LogP contribution < -0.4 is 20.9 Å². The first kappa shape index (κ1) is 28.4. The summed E-state index contributed by atoms with van der Waals surface area (Å²) in [7, 11) is 0. The minimum atomic E-state index is -0.919. The predicted molar refractivity (Wildman–Crippen MR) is 144 cm³/mol. The van der Waals surface area contributed by atoms with Gasteiger partial charge in [-0.05, 0) is 29.2 Å². The summed E-state index contributed by atoms with van der Waals surface area (Å²) in [6.45, 7) is 3.06. The number of H-pyrrole nitrogens is 1. The number of hydrogen-bond donors (Lipinski definition) is 5. The number of carbonyl (C=O) groups excluding carboxylic acids is 4. The summed E-state index contributed by atoms with van der Waals surface area (Å²) in [5.74, 6) is -1.83. The van der Waals surface area contributed by atoms with Crippen LogP contribution in [0.4, 0.5) is 5.69 Å². The lowest BCUT2D eigenvalue weighted by Crippen LogP contribution is -2.54. The van der Waals surface area contributed by atoms with Gasteiger partial charge in [-0.3, -0.25) is 24.1 Å². The van der Waals surface area contributed by atoms with Crippen LogP contribution in [0.5, 0.6) is 0 Å². The molecule has 0 saturated heterocycles. The maximum Gasteiger partial charge on any atom is 0.252 e. The number of aromatic nitrogens is 4. The van der Waals surface area contributed by atoms with Crippen molar-refractivity contribution in [2.24, 2.45) is 5.92 Å². The van der Waals surface area contributed by atoms with Gasteiger partial charge in [0.25, 0.3) is 5.91 Å². The second kappa shape index (κ2) is 12.9. The number of aliphatic hydroxyl groups excluding tert-OH is 1. The molecule has 210 valence electrons. The van der Waals surface area contributed by atoms with E-state index in [1.54, 1.807) is 36.4 Å². The second-order valence-electron chi connectivity index (χ2n) is 9.53. The summed E-state index contributed by atoms with van der Waals surface area (Å²) in [6.07, 6.45) is 0.903. The molecule has 3 aromatic rings. The van der Waals surface area contributed by atoms with Crippen molar-refractivity contribution in [1.82, 2.24) is 36.6 Å². The molecule has 5 N–H and O–H groups in total. The van der Waals surface area contributed by atoms with Crippen molar-refractivity contribution in [2.45, 2.75) is 51.9 Å². The van der Waals surface area contributed by atoms with E-state index in [9.17, 15) is 24.3 Å². The highest BCUT2D eigenvalue weighted by Gasteiger charge is 2.38. The fourth-order valence-electron chi connectivity index (χ4n) is 4.60. The van der Waals surface area contributed by atoms with Gasteiger partial charge in [-0.25, -0.2) is 0 Å². The summed E-state index contributed by atoms with van der Waals surface area (Å²) < 4.78 is 0. The molecule has 1 aliphatic heterocycles. The van der Waals surface area contributed by atoms with Gasteiger partial charge in [0.2, 0.25) is 17.7 Å². The molecule has 4 rings (SSSR count). The Labute approximate surface area is 230 Å². The Bertz CT molecular complexity index is 1360. The molecule has 40 heavy (non-hydrogen) atoms. The zero-order chi connectivity index (χ0) is 28.6. The molecule has 0 fully saturated rings. The maximum atomic E-state index is 13.4. The first-order chi connectivity index (χ1) is 19.3. The molecule has 0 saturated carbocycles. The number of rotatable bonds is 11. The van der Waals surface area contributed by atoms with Gasteiger partial charge >= 0.3 is 0 Å². The molecule has 13 nitrogen and oxygen atoms in total. The molecule has 1 aromatic heterocycles. The van der Waals surface area contributed by atoms with Crippen molar-refractivity contribution in [2.75, 3.05) is 11.4 Å². The molecule has 0 unspecified atom stereocenters. The van der Waals surface area contributed by atoms with Gasteiger partial charge in [0.15, 0.2) is 5.82 Å². The van der Waals surface area contributed by atoms with Crippen LogP contribution in [0, 0.1) is 5.92 Å². The third-order valence-electron chi connectivity index (χ3n) is 6.99. The Kier molecular flexibility index (Phi) is 9.17. The number of carbonyl (C=O) groups is 4. The number of aliphatic hydroxyl groups is 1. The Morgan fingerprint density at radius 2 is 1.85 bits per heavy atom. The highest BCUT2D eigenvalue weighted by atomic mass is 16.3. The summed E-state index contributed by atoms with van der Waals surface area (Å²) in [5, 5.41) is 31.1. The van der Waals surface area contributed by atoms with E-state index in [1.807, 2.05) is 26.0 Å². The van der Waals surface area contributed by atoms with Gasteiger partial charge in [0, 0.05) is 17.7 Å². The van der Waals surface area contributed by atoms with Crippen molar-refractivity contribution in [1.29, 1.82) is 0 Å². The number of amides is 4. The fraction of sp³-hybridized carbons (Fsp3) is 0.370. The molecular formula is C27H32N8O5. The molecule has 0 spiro atoms. The van der Waals surface area contributed by atoms with E-state index in [0.29, 0.717) is 29.9 Å². The van der Waals surface area contributed by atoms with Gasteiger partial charge < -0.3 is 21.1 Å². The zero-order valence-electron chi connectivity index (χ0n) is 22.3. The quantitative estimate of drug-likeness (QED) is 0.226. The van der Waals surface area contributed by atoms with E-state index < -0.39 is 35.7 Å². The third kappa shape index (κ3) is 6.31. The Morgan fingerprint density at radius 1 is 1.10 bits per heavy atom. The Balaban J connectivity index is 1.45. The lowest BCUT2D eigenvalue weighted by Gasteiger charge is -2.27. The largest absolute Gasteiger partial charge is 0.392 e. The Hall–Kier alpha value is -4.65. The van der Waals surface area contributed by atoms with E-state index >= 15 is 0 Å². The van der Waals surface area contributed by atoms with Gasteiger partial charge in [-0.15, -0.1) is 10.2 Å². The van der Waals surface area contributed by atoms with Gasteiger partial charge in [0.1, 0.15) is 12.1 Å². The van der Waals surface area contributed by atoms with Crippen molar-refractivity contribution < 1.29 is 24.3 Å². The number of tetrazole rings is 1. The van der Waals surface area contributed by atoms with Crippen LogP contribution in [-0.4, -0.2) is 68.0 Å². The zero-order valence-corrected chi connectivity index (χ0v) is 22.3.